The molecule has 2 aromatic rings. The fraction of sp³-hybridized carbons (Fsp3) is 0. The molecule has 0 atom stereocenters. The van der Waals surface area contributed by atoms with Crippen LogP contribution in [0.1, 0.15) is 5.56 Å². The SMILES string of the molecule is N#Cc1ccnnc1Oc1cc(Cl)ccc1[N+](=O)[O-]. The second-order valence-corrected chi connectivity index (χ2v) is 3.77. The number of ether oxygens (including phenoxy) is 1. The first kappa shape index (κ1) is 12.7. The summed E-state index contributed by atoms with van der Waals surface area (Å²) in [6.45, 7) is 0. The van der Waals surface area contributed by atoms with E-state index in [1.165, 1.54) is 30.5 Å². The average molecular weight is 277 g/mol. The highest BCUT2D eigenvalue weighted by Crippen LogP contribution is 2.33. The lowest BCUT2D eigenvalue weighted by Crippen LogP contribution is -1.97. The monoisotopic (exact) mass is 276 g/mol. The number of nitriles is 1. The zero-order valence-corrected chi connectivity index (χ0v) is 10.0. The molecule has 19 heavy (non-hydrogen) atoms. The van der Waals surface area contributed by atoms with Crippen LogP contribution in [0.2, 0.25) is 5.02 Å². The molecule has 0 N–H and O–H groups in total. The maximum absolute atomic E-state index is 10.9. The van der Waals surface area contributed by atoms with Crippen molar-refractivity contribution in [1.82, 2.24) is 10.2 Å². The molecule has 0 aliphatic carbocycles. The zero-order valence-electron chi connectivity index (χ0n) is 9.28. The Kier molecular flexibility index (Phi) is 3.54. The lowest BCUT2D eigenvalue weighted by Gasteiger charge is -2.05. The number of nitro groups is 1. The quantitative estimate of drug-likeness (QED) is 0.631. The lowest BCUT2D eigenvalue weighted by molar-refractivity contribution is -0.385. The van der Waals surface area contributed by atoms with Gasteiger partial charge in [0.25, 0.3) is 5.88 Å². The molecule has 0 spiro atoms. The molecule has 0 bridgehead atoms. The van der Waals surface area contributed by atoms with E-state index in [-0.39, 0.29) is 27.9 Å². The van der Waals surface area contributed by atoms with E-state index in [1.807, 2.05) is 6.07 Å². The van der Waals surface area contributed by atoms with Gasteiger partial charge in [-0.3, -0.25) is 10.1 Å². The van der Waals surface area contributed by atoms with Gasteiger partial charge in [-0.2, -0.15) is 10.4 Å². The Morgan fingerprint density at radius 3 is 2.89 bits per heavy atom. The van der Waals surface area contributed by atoms with E-state index >= 15 is 0 Å². The summed E-state index contributed by atoms with van der Waals surface area (Å²) >= 11 is 5.76. The van der Waals surface area contributed by atoms with Crippen LogP contribution in [0.25, 0.3) is 0 Å². The van der Waals surface area contributed by atoms with Gasteiger partial charge in [0.15, 0.2) is 0 Å². The Balaban J connectivity index is 2.46. The van der Waals surface area contributed by atoms with Gasteiger partial charge in [-0.15, -0.1) is 5.10 Å². The molecule has 0 aliphatic heterocycles. The van der Waals surface area contributed by atoms with Crippen molar-refractivity contribution in [3.05, 3.63) is 51.2 Å². The normalized spacial score (nSPS) is 9.68. The van der Waals surface area contributed by atoms with Crippen molar-refractivity contribution in [2.45, 2.75) is 0 Å². The first-order valence-electron chi connectivity index (χ1n) is 4.95. The van der Waals surface area contributed by atoms with Crippen LogP contribution in [0.15, 0.2) is 30.5 Å². The molecule has 2 rings (SSSR count). The van der Waals surface area contributed by atoms with Crippen LogP contribution in [-0.2, 0) is 0 Å². The molecule has 94 valence electrons. The van der Waals surface area contributed by atoms with E-state index in [0.29, 0.717) is 0 Å². The van der Waals surface area contributed by atoms with E-state index in [9.17, 15) is 10.1 Å². The summed E-state index contributed by atoms with van der Waals surface area (Å²) in [6, 6.07) is 7.09. The van der Waals surface area contributed by atoms with E-state index in [1.54, 1.807) is 0 Å². The minimum atomic E-state index is -0.617. The zero-order chi connectivity index (χ0) is 13.8. The summed E-state index contributed by atoms with van der Waals surface area (Å²) in [4.78, 5) is 10.2. The molecule has 0 radical (unpaired) electrons. The predicted molar refractivity (Wildman–Crippen MR) is 64.9 cm³/mol. The summed E-state index contributed by atoms with van der Waals surface area (Å²) in [5.41, 5.74) is -0.164. The molecular formula is C11H5ClN4O3. The summed E-state index contributed by atoms with van der Waals surface area (Å²) in [5, 5.41) is 27.2. The smallest absolute Gasteiger partial charge is 0.311 e. The van der Waals surface area contributed by atoms with Gasteiger partial charge in [-0.25, -0.2) is 0 Å². The number of nitrogens with zero attached hydrogens (tertiary/aromatic N) is 4. The average Bonchev–Trinajstić information content (AvgIpc) is 2.39. The van der Waals surface area contributed by atoms with Crippen molar-refractivity contribution in [3.63, 3.8) is 0 Å². The molecule has 7 nitrogen and oxygen atoms in total. The molecule has 0 saturated heterocycles. The van der Waals surface area contributed by atoms with Crippen LogP contribution in [0.4, 0.5) is 5.69 Å². The predicted octanol–water partition coefficient (Wildman–Crippen LogP) is 2.70. The summed E-state index contributed by atoms with van der Waals surface area (Å²) < 4.78 is 5.25. The third-order valence-electron chi connectivity index (χ3n) is 2.13. The van der Waals surface area contributed by atoms with Gasteiger partial charge >= 0.3 is 5.69 Å². The molecule has 0 saturated carbocycles. The second-order valence-electron chi connectivity index (χ2n) is 3.33. The van der Waals surface area contributed by atoms with E-state index < -0.39 is 4.92 Å². The third kappa shape index (κ3) is 2.75. The number of hydrogen-bond acceptors (Lipinski definition) is 6. The van der Waals surface area contributed by atoms with Crippen LogP contribution in [0, 0.1) is 21.4 Å². The van der Waals surface area contributed by atoms with Crippen LogP contribution in [0.5, 0.6) is 11.6 Å². The highest BCUT2D eigenvalue weighted by atomic mass is 35.5. The number of aromatic nitrogens is 2. The first-order chi connectivity index (χ1) is 9.11. The minimum absolute atomic E-state index is 0.102. The van der Waals surface area contributed by atoms with Crippen molar-refractivity contribution >= 4 is 17.3 Å². The Bertz CT molecular complexity index is 684. The maximum Gasteiger partial charge on any atom is 0.311 e. The van der Waals surface area contributed by atoms with Gasteiger partial charge < -0.3 is 4.74 Å². The molecule has 8 heteroatoms. The van der Waals surface area contributed by atoms with Gasteiger partial charge in [-0.1, -0.05) is 11.6 Å². The van der Waals surface area contributed by atoms with Crippen molar-refractivity contribution in [2.75, 3.05) is 0 Å². The third-order valence-corrected chi connectivity index (χ3v) is 2.37. The molecule has 1 heterocycles. The Morgan fingerprint density at radius 1 is 1.42 bits per heavy atom. The van der Waals surface area contributed by atoms with E-state index in [0.717, 1.165) is 0 Å². The highest BCUT2D eigenvalue weighted by molar-refractivity contribution is 6.30. The lowest BCUT2D eigenvalue weighted by atomic mass is 10.3. The van der Waals surface area contributed by atoms with Gasteiger partial charge in [0.2, 0.25) is 5.75 Å². The van der Waals surface area contributed by atoms with Gasteiger partial charge in [0, 0.05) is 17.2 Å². The van der Waals surface area contributed by atoms with Gasteiger partial charge in [0.1, 0.15) is 11.6 Å². The molecule has 1 aromatic carbocycles. The largest absolute Gasteiger partial charge is 0.429 e. The van der Waals surface area contributed by atoms with Crippen LogP contribution in [0.3, 0.4) is 0 Å². The van der Waals surface area contributed by atoms with Gasteiger partial charge in [-0.05, 0) is 12.1 Å². The van der Waals surface area contributed by atoms with Crippen molar-refractivity contribution < 1.29 is 9.66 Å². The number of rotatable bonds is 3. The number of nitro benzene ring substituents is 1. The number of hydrogen-bond donors (Lipinski definition) is 0. The van der Waals surface area contributed by atoms with Crippen LogP contribution >= 0.6 is 11.6 Å². The van der Waals surface area contributed by atoms with Crippen molar-refractivity contribution in [2.24, 2.45) is 0 Å². The van der Waals surface area contributed by atoms with E-state index in [2.05, 4.69) is 10.2 Å². The molecular weight excluding hydrogens is 272 g/mol. The molecule has 0 amide bonds. The van der Waals surface area contributed by atoms with Crippen LogP contribution < -0.4 is 4.74 Å². The Labute approximate surface area is 112 Å². The second kappa shape index (κ2) is 5.29. The molecule has 1 aromatic heterocycles. The molecule has 0 aliphatic rings. The summed E-state index contributed by atoms with van der Waals surface area (Å²) in [6.07, 6.45) is 1.32. The maximum atomic E-state index is 10.9. The fourth-order valence-electron chi connectivity index (χ4n) is 1.30. The molecule has 0 fully saturated rings. The summed E-state index contributed by atoms with van der Waals surface area (Å²) in [5.74, 6) is -0.218. The number of halogens is 1. The van der Waals surface area contributed by atoms with Crippen molar-refractivity contribution in [3.8, 4) is 17.7 Å². The topological polar surface area (TPSA) is 102 Å². The van der Waals surface area contributed by atoms with Gasteiger partial charge in [0.05, 0.1) is 11.1 Å². The highest BCUT2D eigenvalue weighted by Gasteiger charge is 2.18. The Morgan fingerprint density at radius 2 is 2.21 bits per heavy atom. The minimum Gasteiger partial charge on any atom is -0.429 e. The van der Waals surface area contributed by atoms with Crippen LogP contribution in [-0.4, -0.2) is 15.1 Å². The number of benzene rings is 1. The standard InChI is InChI=1S/C11H5ClN4O3/c12-8-1-2-9(16(17)18)10(5-8)19-11-7(6-13)3-4-14-15-11/h1-5H. The first-order valence-corrected chi connectivity index (χ1v) is 5.33. The molecule has 0 unspecified atom stereocenters. The van der Waals surface area contributed by atoms with Crippen molar-refractivity contribution in [1.29, 1.82) is 5.26 Å². The Hall–Kier alpha value is -2.72. The van der Waals surface area contributed by atoms with E-state index in [4.69, 9.17) is 21.6 Å². The fourth-order valence-corrected chi connectivity index (χ4v) is 1.47. The summed E-state index contributed by atoms with van der Waals surface area (Å²) in [7, 11) is 0.